The highest BCUT2D eigenvalue weighted by Gasteiger charge is 2.15. The van der Waals surface area contributed by atoms with Gasteiger partial charge in [0, 0.05) is 6.07 Å². The molecule has 0 unspecified atom stereocenters. The zero-order chi connectivity index (χ0) is 14.0. The molecule has 1 aromatic carbocycles. The summed E-state index contributed by atoms with van der Waals surface area (Å²) in [6.45, 7) is 3.99. The van der Waals surface area contributed by atoms with Gasteiger partial charge in [-0.1, -0.05) is 37.0 Å². The third kappa shape index (κ3) is 3.08. The van der Waals surface area contributed by atoms with Crippen molar-refractivity contribution in [3.63, 3.8) is 0 Å². The fourth-order valence-electron chi connectivity index (χ4n) is 1.67. The zero-order valence-electron chi connectivity index (χ0n) is 10.5. The predicted octanol–water partition coefficient (Wildman–Crippen LogP) is 4.28. The Morgan fingerprint density at radius 3 is 2.53 bits per heavy atom. The Balaban J connectivity index is 2.38. The van der Waals surface area contributed by atoms with Gasteiger partial charge in [-0.15, -0.1) is 0 Å². The molecule has 0 saturated carbocycles. The monoisotopic (exact) mass is 297 g/mol. The second kappa shape index (κ2) is 5.63. The Morgan fingerprint density at radius 1 is 1.16 bits per heavy atom. The standard InChI is InChI=1S/C13H13Cl2N3O/c1-7(2)11-12(16)17-6-18-13(11)19-8-3-4-9(14)10(15)5-8/h3-7H,1-2H3,(H2,16,17,18). The fraction of sp³-hybridized carbons (Fsp3) is 0.231. The normalized spacial score (nSPS) is 10.8. The Bertz CT molecular complexity index is 602. The van der Waals surface area contributed by atoms with E-state index in [2.05, 4.69) is 9.97 Å². The first-order valence-corrected chi connectivity index (χ1v) is 6.48. The number of anilines is 1. The van der Waals surface area contributed by atoms with Gasteiger partial charge in [-0.2, -0.15) is 0 Å². The van der Waals surface area contributed by atoms with Crippen molar-refractivity contribution in [3.8, 4) is 11.6 Å². The topological polar surface area (TPSA) is 61.0 Å². The van der Waals surface area contributed by atoms with E-state index in [1.54, 1.807) is 18.2 Å². The lowest BCUT2D eigenvalue weighted by molar-refractivity contribution is 0.452. The highest BCUT2D eigenvalue weighted by molar-refractivity contribution is 6.42. The number of nitrogen functional groups attached to an aromatic ring is 1. The maximum atomic E-state index is 5.94. The number of ether oxygens (including phenoxy) is 1. The molecule has 0 aliphatic heterocycles. The van der Waals surface area contributed by atoms with Crippen molar-refractivity contribution < 1.29 is 4.74 Å². The summed E-state index contributed by atoms with van der Waals surface area (Å²) < 4.78 is 5.71. The van der Waals surface area contributed by atoms with Crippen molar-refractivity contribution in [2.45, 2.75) is 19.8 Å². The lowest BCUT2D eigenvalue weighted by Gasteiger charge is -2.14. The van der Waals surface area contributed by atoms with E-state index < -0.39 is 0 Å². The Hall–Kier alpha value is -1.52. The van der Waals surface area contributed by atoms with Gasteiger partial charge in [0.2, 0.25) is 5.88 Å². The van der Waals surface area contributed by atoms with Crippen LogP contribution in [0.25, 0.3) is 0 Å². The van der Waals surface area contributed by atoms with Crippen molar-refractivity contribution in [2.75, 3.05) is 5.73 Å². The lowest BCUT2D eigenvalue weighted by Crippen LogP contribution is -2.04. The average Bonchev–Trinajstić information content (AvgIpc) is 2.33. The van der Waals surface area contributed by atoms with Gasteiger partial charge in [-0.3, -0.25) is 0 Å². The number of nitrogens with zero attached hydrogens (tertiary/aromatic N) is 2. The van der Waals surface area contributed by atoms with Crippen LogP contribution in [0.2, 0.25) is 10.0 Å². The van der Waals surface area contributed by atoms with Gasteiger partial charge in [0.25, 0.3) is 0 Å². The molecule has 100 valence electrons. The van der Waals surface area contributed by atoms with Crippen LogP contribution in [0.5, 0.6) is 11.6 Å². The maximum Gasteiger partial charge on any atom is 0.227 e. The van der Waals surface area contributed by atoms with Gasteiger partial charge in [0.1, 0.15) is 17.9 Å². The minimum absolute atomic E-state index is 0.152. The smallest absolute Gasteiger partial charge is 0.227 e. The number of halogens is 2. The first-order chi connectivity index (χ1) is 8.99. The van der Waals surface area contributed by atoms with E-state index in [0.717, 1.165) is 5.56 Å². The molecule has 0 spiro atoms. The molecule has 19 heavy (non-hydrogen) atoms. The molecule has 0 bridgehead atoms. The minimum atomic E-state index is 0.152. The third-order valence-electron chi connectivity index (χ3n) is 2.56. The number of hydrogen-bond donors (Lipinski definition) is 1. The SMILES string of the molecule is CC(C)c1c(N)ncnc1Oc1ccc(Cl)c(Cl)c1. The molecule has 0 aliphatic carbocycles. The summed E-state index contributed by atoms with van der Waals surface area (Å²) >= 11 is 11.8. The molecule has 2 aromatic rings. The number of aromatic nitrogens is 2. The van der Waals surface area contributed by atoms with E-state index in [4.69, 9.17) is 33.7 Å². The van der Waals surface area contributed by atoms with Gasteiger partial charge in [-0.25, -0.2) is 9.97 Å². The van der Waals surface area contributed by atoms with E-state index in [9.17, 15) is 0 Å². The fourth-order valence-corrected chi connectivity index (χ4v) is 1.96. The molecule has 0 aliphatic rings. The van der Waals surface area contributed by atoms with Crippen molar-refractivity contribution in [3.05, 3.63) is 40.1 Å². The minimum Gasteiger partial charge on any atom is -0.438 e. The Labute approximate surface area is 121 Å². The number of benzene rings is 1. The first-order valence-electron chi connectivity index (χ1n) is 5.72. The largest absolute Gasteiger partial charge is 0.438 e. The molecule has 1 aromatic heterocycles. The Kier molecular flexibility index (Phi) is 4.12. The number of nitrogens with two attached hydrogens (primary N) is 1. The summed E-state index contributed by atoms with van der Waals surface area (Å²) in [4.78, 5) is 8.09. The third-order valence-corrected chi connectivity index (χ3v) is 3.30. The highest BCUT2D eigenvalue weighted by atomic mass is 35.5. The summed E-state index contributed by atoms with van der Waals surface area (Å²) in [5, 5.41) is 0.896. The van der Waals surface area contributed by atoms with Crippen molar-refractivity contribution in [1.29, 1.82) is 0 Å². The van der Waals surface area contributed by atoms with Gasteiger partial charge < -0.3 is 10.5 Å². The van der Waals surface area contributed by atoms with Crippen molar-refractivity contribution in [1.82, 2.24) is 9.97 Å². The van der Waals surface area contributed by atoms with Crippen LogP contribution in [-0.2, 0) is 0 Å². The predicted molar refractivity (Wildman–Crippen MR) is 77.1 cm³/mol. The quantitative estimate of drug-likeness (QED) is 0.918. The second-order valence-electron chi connectivity index (χ2n) is 4.31. The lowest BCUT2D eigenvalue weighted by atomic mass is 10.1. The summed E-state index contributed by atoms with van der Waals surface area (Å²) in [6.07, 6.45) is 1.37. The molecule has 6 heteroatoms. The molecular formula is C13H13Cl2N3O. The van der Waals surface area contributed by atoms with Crippen LogP contribution in [0.4, 0.5) is 5.82 Å². The van der Waals surface area contributed by atoms with Crippen LogP contribution in [0.3, 0.4) is 0 Å². The molecule has 1 heterocycles. The molecule has 0 amide bonds. The summed E-state index contributed by atoms with van der Waals surface area (Å²) in [7, 11) is 0. The molecule has 0 radical (unpaired) electrons. The van der Waals surface area contributed by atoms with Crippen LogP contribution in [0.15, 0.2) is 24.5 Å². The molecule has 2 rings (SSSR count). The van der Waals surface area contributed by atoms with Crippen LogP contribution >= 0.6 is 23.2 Å². The van der Waals surface area contributed by atoms with Gasteiger partial charge >= 0.3 is 0 Å². The van der Waals surface area contributed by atoms with E-state index >= 15 is 0 Å². The van der Waals surface area contributed by atoms with Gasteiger partial charge in [-0.05, 0) is 18.1 Å². The molecule has 0 atom stereocenters. The van der Waals surface area contributed by atoms with Crippen LogP contribution < -0.4 is 10.5 Å². The molecule has 0 saturated heterocycles. The van der Waals surface area contributed by atoms with E-state index in [1.807, 2.05) is 13.8 Å². The van der Waals surface area contributed by atoms with E-state index in [0.29, 0.717) is 27.5 Å². The second-order valence-corrected chi connectivity index (χ2v) is 5.12. The van der Waals surface area contributed by atoms with E-state index in [1.165, 1.54) is 6.33 Å². The number of rotatable bonds is 3. The molecule has 4 nitrogen and oxygen atoms in total. The van der Waals surface area contributed by atoms with E-state index in [-0.39, 0.29) is 5.92 Å². The van der Waals surface area contributed by atoms with Crippen molar-refractivity contribution in [2.24, 2.45) is 0 Å². The Morgan fingerprint density at radius 2 is 1.89 bits per heavy atom. The summed E-state index contributed by atoms with van der Waals surface area (Å²) in [6, 6.07) is 5.02. The zero-order valence-corrected chi connectivity index (χ0v) is 12.0. The average molecular weight is 298 g/mol. The summed E-state index contributed by atoms with van der Waals surface area (Å²) in [5.41, 5.74) is 6.62. The van der Waals surface area contributed by atoms with Crippen molar-refractivity contribution >= 4 is 29.0 Å². The first kappa shape index (κ1) is 13.9. The highest BCUT2D eigenvalue weighted by Crippen LogP contribution is 2.33. The maximum absolute atomic E-state index is 5.94. The van der Waals surface area contributed by atoms with Crippen LogP contribution in [0, 0.1) is 0 Å². The number of hydrogen-bond acceptors (Lipinski definition) is 4. The van der Waals surface area contributed by atoms with Gasteiger partial charge in [0.05, 0.1) is 15.6 Å². The van der Waals surface area contributed by atoms with Gasteiger partial charge in [0.15, 0.2) is 0 Å². The molecular weight excluding hydrogens is 285 g/mol. The molecule has 2 N–H and O–H groups in total. The summed E-state index contributed by atoms with van der Waals surface area (Å²) in [5.74, 6) is 1.55. The molecule has 0 fully saturated rings. The van der Waals surface area contributed by atoms with Crippen LogP contribution in [-0.4, -0.2) is 9.97 Å². The van der Waals surface area contributed by atoms with Crippen LogP contribution in [0.1, 0.15) is 25.3 Å².